The van der Waals surface area contributed by atoms with E-state index in [4.69, 9.17) is 16.0 Å². The molecular formula is C9H19N3O2. The van der Waals surface area contributed by atoms with Gasteiger partial charge in [0, 0.05) is 13.2 Å². The molecule has 82 valence electrons. The van der Waals surface area contributed by atoms with Crippen LogP contribution in [0, 0.1) is 5.92 Å². The van der Waals surface area contributed by atoms with E-state index in [2.05, 4.69) is 10.1 Å². The highest BCUT2D eigenvalue weighted by atomic mass is 16.4. The number of piperidine rings is 1. The first-order chi connectivity index (χ1) is 6.69. The Kier molecular flexibility index (Phi) is 4.16. The first-order valence-corrected chi connectivity index (χ1v) is 5.01. The Morgan fingerprint density at radius 1 is 1.71 bits per heavy atom. The molecule has 2 atom stereocenters. The summed E-state index contributed by atoms with van der Waals surface area (Å²) in [5, 5.41) is 20.6. The van der Waals surface area contributed by atoms with Gasteiger partial charge in [-0.05, 0) is 32.2 Å². The number of rotatable bonds is 3. The van der Waals surface area contributed by atoms with Crippen LogP contribution in [0.25, 0.3) is 0 Å². The van der Waals surface area contributed by atoms with E-state index in [1.807, 2.05) is 6.92 Å². The summed E-state index contributed by atoms with van der Waals surface area (Å²) in [6, 6.07) is -0.0469. The molecule has 0 amide bonds. The molecule has 1 rings (SSSR count). The highest BCUT2D eigenvalue weighted by molar-refractivity contribution is 5.84. The maximum absolute atomic E-state index is 9.05. The summed E-state index contributed by atoms with van der Waals surface area (Å²) < 4.78 is 0. The largest absolute Gasteiger partial charge is 0.409 e. The van der Waals surface area contributed by atoms with E-state index in [1.165, 1.54) is 0 Å². The number of nitrogens with zero attached hydrogens (tertiary/aromatic N) is 2. The van der Waals surface area contributed by atoms with Crippen LogP contribution < -0.4 is 5.73 Å². The SMILES string of the molecule is CC(/C(N)=N/O)N1CCCC(CO)C1. The third-order valence-electron chi connectivity index (χ3n) is 2.90. The number of aliphatic hydroxyl groups is 1. The molecule has 0 bridgehead atoms. The summed E-state index contributed by atoms with van der Waals surface area (Å²) in [7, 11) is 0. The lowest BCUT2D eigenvalue weighted by atomic mass is 9.97. The van der Waals surface area contributed by atoms with E-state index < -0.39 is 0 Å². The Hall–Kier alpha value is -0.810. The summed E-state index contributed by atoms with van der Waals surface area (Å²) in [5.74, 6) is 0.571. The van der Waals surface area contributed by atoms with E-state index in [1.54, 1.807) is 0 Å². The summed E-state index contributed by atoms with van der Waals surface area (Å²) in [5.41, 5.74) is 5.53. The predicted molar refractivity (Wildman–Crippen MR) is 54.3 cm³/mol. The molecule has 0 radical (unpaired) electrons. The van der Waals surface area contributed by atoms with Crippen molar-refractivity contribution in [2.75, 3.05) is 19.7 Å². The molecule has 1 heterocycles. The Bertz CT molecular complexity index is 208. The van der Waals surface area contributed by atoms with Crippen molar-refractivity contribution < 1.29 is 10.3 Å². The van der Waals surface area contributed by atoms with Crippen LogP contribution in [0.15, 0.2) is 5.16 Å². The minimum atomic E-state index is -0.0469. The molecule has 0 aromatic carbocycles. The van der Waals surface area contributed by atoms with E-state index in [9.17, 15) is 0 Å². The van der Waals surface area contributed by atoms with Gasteiger partial charge in [0.2, 0.25) is 0 Å². The van der Waals surface area contributed by atoms with Gasteiger partial charge in [-0.1, -0.05) is 5.16 Å². The fraction of sp³-hybridized carbons (Fsp3) is 0.889. The summed E-state index contributed by atoms with van der Waals surface area (Å²) in [6.07, 6.45) is 2.13. The van der Waals surface area contributed by atoms with Crippen molar-refractivity contribution in [1.29, 1.82) is 0 Å². The second kappa shape index (κ2) is 5.17. The van der Waals surface area contributed by atoms with E-state index in [0.29, 0.717) is 5.92 Å². The standard InChI is InChI=1S/C9H19N3O2/c1-7(9(10)11-14)12-4-2-3-8(5-12)6-13/h7-8,13-14H,2-6H2,1H3,(H2,10,11). The number of nitrogens with two attached hydrogens (primary N) is 1. The van der Waals surface area contributed by atoms with Crippen LogP contribution in [0.1, 0.15) is 19.8 Å². The van der Waals surface area contributed by atoms with Gasteiger partial charge in [0.15, 0.2) is 5.84 Å². The molecule has 2 unspecified atom stereocenters. The second-order valence-corrected chi connectivity index (χ2v) is 3.89. The lowest BCUT2D eigenvalue weighted by Gasteiger charge is -2.35. The average molecular weight is 201 g/mol. The molecule has 1 aliphatic rings. The van der Waals surface area contributed by atoms with Crippen LogP contribution in [0.3, 0.4) is 0 Å². The first kappa shape index (κ1) is 11.3. The topological polar surface area (TPSA) is 82.1 Å². The molecule has 0 aromatic heterocycles. The van der Waals surface area contributed by atoms with Gasteiger partial charge in [-0.25, -0.2) is 0 Å². The third-order valence-corrected chi connectivity index (χ3v) is 2.90. The number of likely N-dealkylation sites (tertiary alicyclic amines) is 1. The maximum Gasteiger partial charge on any atom is 0.156 e. The van der Waals surface area contributed by atoms with Crippen LogP contribution in [0.2, 0.25) is 0 Å². The highest BCUT2D eigenvalue weighted by Gasteiger charge is 2.24. The van der Waals surface area contributed by atoms with Crippen molar-refractivity contribution in [2.24, 2.45) is 16.8 Å². The van der Waals surface area contributed by atoms with E-state index in [0.717, 1.165) is 25.9 Å². The number of amidine groups is 1. The molecule has 4 N–H and O–H groups in total. The number of oxime groups is 1. The summed E-state index contributed by atoms with van der Waals surface area (Å²) in [6.45, 7) is 3.91. The molecule has 1 fully saturated rings. The first-order valence-electron chi connectivity index (χ1n) is 5.01. The van der Waals surface area contributed by atoms with Gasteiger partial charge in [-0.15, -0.1) is 0 Å². The van der Waals surface area contributed by atoms with Crippen molar-refractivity contribution >= 4 is 5.84 Å². The molecule has 0 saturated carbocycles. The van der Waals surface area contributed by atoms with Gasteiger partial charge < -0.3 is 16.0 Å². The number of hydrogen-bond donors (Lipinski definition) is 3. The van der Waals surface area contributed by atoms with Gasteiger partial charge in [0.1, 0.15) is 0 Å². The fourth-order valence-corrected chi connectivity index (χ4v) is 1.87. The second-order valence-electron chi connectivity index (χ2n) is 3.89. The van der Waals surface area contributed by atoms with Crippen LogP contribution in [0.5, 0.6) is 0 Å². The third kappa shape index (κ3) is 2.59. The van der Waals surface area contributed by atoms with Gasteiger partial charge in [0.05, 0.1) is 6.04 Å². The van der Waals surface area contributed by atoms with Crippen LogP contribution >= 0.6 is 0 Å². The lowest BCUT2D eigenvalue weighted by Crippen LogP contribution is -2.48. The van der Waals surface area contributed by atoms with E-state index in [-0.39, 0.29) is 18.5 Å². The van der Waals surface area contributed by atoms with Crippen molar-refractivity contribution in [3.63, 3.8) is 0 Å². The summed E-state index contributed by atoms with van der Waals surface area (Å²) in [4.78, 5) is 2.14. The highest BCUT2D eigenvalue weighted by Crippen LogP contribution is 2.17. The van der Waals surface area contributed by atoms with Crippen LogP contribution in [-0.4, -0.2) is 46.8 Å². The molecule has 5 nitrogen and oxygen atoms in total. The minimum Gasteiger partial charge on any atom is -0.409 e. The molecule has 14 heavy (non-hydrogen) atoms. The fourth-order valence-electron chi connectivity index (χ4n) is 1.87. The Morgan fingerprint density at radius 2 is 2.43 bits per heavy atom. The zero-order valence-corrected chi connectivity index (χ0v) is 8.56. The average Bonchev–Trinajstić information content (AvgIpc) is 2.27. The van der Waals surface area contributed by atoms with Crippen molar-refractivity contribution in [3.05, 3.63) is 0 Å². The molecule has 0 aliphatic carbocycles. The molecule has 0 spiro atoms. The van der Waals surface area contributed by atoms with Crippen molar-refractivity contribution in [1.82, 2.24) is 4.90 Å². The summed E-state index contributed by atoms with van der Waals surface area (Å²) >= 11 is 0. The monoisotopic (exact) mass is 201 g/mol. The Labute approximate surface area is 84.2 Å². The molecular weight excluding hydrogens is 182 g/mol. The van der Waals surface area contributed by atoms with Crippen LogP contribution in [0.4, 0.5) is 0 Å². The molecule has 1 saturated heterocycles. The van der Waals surface area contributed by atoms with Crippen molar-refractivity contribution in [3.8, 4) is 0 Å². The van der Waals surface area contributed by atoms with Crippen molar-refractivity contribution in [2.45, 2.75) is 25.8 Å². The Morgan fingerprint density at radius 3 is 3.00 bits per heavy atom. The molecule has 0 aromatic rings. The minimum absolute atomic E-state index is 0.0469. The van der Waals surface area contributed by atoms with Crippen LogP contribution in [-0.2, 0) is 0 Å². The Balaban J connectivity index is 2.51. The maximum atomic E-state index is 9.05. The smallest absolute Gasteiger partial charge is 0.156 e. The zero-order chi connectivity index (χ0) is 10.6. The lowest BCUT2D eigenvalue weighted by molar-refractivity contribution is 0.110. The normalized spacial score (nSPS) is 27.6. The molecule has 1 aliphatic heterocycles. The van der Waals surface area contributed by atoms with Gasteiger partial charge in [-0.2, -0.15) is 0 Å². The number of aliphatic hydroxyl groups excluding tert-OH is 1. The zero-order valence-electron chi connectivity index (χ0n) is 8.56. The molecule has 5 heteroatoms. The van der Waals surface area contributed by atoms with E-state index >= 15 is 0 Å². The predicted octanol–water partition coefficient (Wildman–Crippen LogP) is -0.174. The van der Waals surface area contributed by atoms with Gasteiger partial charge >= 0.3 is 0 Å². The van der Waals surface area contributed by atoms with Gasteiger partial charge in [0.25, 0.3) is 0 Å². The number of hydrogen-bond acceptors (Lipinski definition) is 4. The quantitative estimate of drug-likeness (QED) is 0.256. The van der Waals surface area contributed by atoms with Gasteiger partial charge in [-0.3, -0.25) is 4.90 Å².